The molecular formula is C22H20BrF2O5PS2. The second-order valence-electron chi connectivity index (χ2n) is 7.73. The smallest absolute Gasteiger partial charge is 0.320 e. The number of halogens is 3. The van der Waals surface area contributed by atoms with Crippen molar-refractivity contribution in [3.63, 3.8) is 0 Å². The Kier molecular flexibility index (Phi) is 7.03. The van der Waals surface area contributed by atoms with Gasteiger partial charge in [0.05, 0.1) is 9.64 Å². The maximum Gasteiger partial charge on any atom is 0.399 e. The molecule has 0 aliphatic heterocycles. The van der Waals surface area contributed by atoms with Crippen LogP contribution in [0.4, 0.5) is 8.78 Å². The summed E-state index contributed by atoms with van der Waals surface area (Å²) in [5.41, 5.74) is -2.39. The first-order chi connectivity index (χ1) is 15.0. The average molecular weight is 577 g/mol. The Bertz CT molecular complexity index is 1350. The molecule has 3 aromatic rings. The minimum absolute atomic E-state index is 0.150. The van der Waals surface area contributed by atoms with E-state index in [2.05, 4.69) is 15.9 Å². The van der Waals surface area contributed by atoms with Crippen LogP contribution in [-0.2, 0) is 24.8 Å². The number of thiol groups is 1. The predicted octanol–water partition coefficient (Wildman–Crippen LogP) is 5.94. The van der Waals surface area contributed by atoms with Crippen molar-refractivity contribution in [2.75, 3.05) is 6.26 Å². The molecule has 3 aromatic carbocycles. The zero-order valence-corrected chi connectivity index (χ0v) is 21.6. The summed E-state index contributed by atoms with van der Waals surface area (Å²) in [6, 6.07) is 17.4. The predicted molar refractivity (Wildman–Crippen MR) is 131 cm³/mol. The van der Waals surface area contributed by atoms with Crippen LogP contribution in [0, 0.1) is 0 Å². The van der Waals surface area contributed by atoms with Gasteiger partial charge in [-0.2, -0.15) is 21.4 Å². The van der Waals surface area contributed by atoms with Gasteiger partial charge in [-0.1, -0.05) is 64.5 Å². The van der Waals surface area contributed by atoms with Crippen LogP contribution in [-0.4, -0.2) is 24.5 Å². The first kappa shape index (κ1) is 26.1. The molecule has 0 spiro atoms. The largest absolute Gasteiger partial charge is 0.399 e. The number of alkyl halides is 2. The molecule has 1 atom stereocenters. The molecule has 0 aliphatic carbocycles. The zero-order valence-electron chi connectivity index (χ0n) is 17.4. The zero-order chi connectivity index (χ0) is 24.8. The minimum Gasteiger partial charge on any atom is -0.320 e. The highest BCUT2D eigenvalue weighted by Gasteiger charge is 2.51. The quantitative estimate of drug-likeness (QED) is 0.249. The lowest BCUT2D eigenvalue weighted by Crippen LogP contribution is -2.18. The van der Waals surface area contributed by atoms with E-state index < -0.39 is 33.4 Å². The molecule has 0 aromatic heterocycles. The first-order valence-electron chi connectivity index (χ1n) is 9.42. The van der Waals surface area contributed by atoms with Crippen molar-refractivity contribution in [2.45, 2.75) is 22.2 Å². The van der Waals surface area contributed by atoms with E-state index in [1.165, 1.54) is 18.2 Å². The lowest BCUT2D eigenvalue weighted by molar-refractivity contribution is 0.0557. The molecule has 33 heavy (non-hydrogen) atoms. The summed E-state index contributed by atoms with van der Waals surface area (Å²) in [6.07, 6.45) is 1.14. The van der Waals surface area contributed by atoms with Crippen molar-refractivity contribution in [3.05, 3.63) is 87.9 Å². The highest BCUT2D eigenvalue weighted by Crippen LogP contribution is 2.60. The van der Waals surface area contributed by atoms with Gasteiger partial charge < -0.3 is 9.79 Å². The molecule has 11 heteroatoms. The second kappa shape index (κ2) is 8.91. The van der Waals surface area contributed by atoms with Crippen molar-refractivity contribution in [1.82, 2.24) is 0 Å². The van der Waals surface area contributed by atoms with E-state index in [4.69, 9.17) is 22.4 Å². The lowest BCUT2D eigenvalue weighted by Gasteiger charge is -2.27. The Hall–Kier alpha value is -1.55. The van der Waals surface area contributed by atoms with Crippen LogP contribution in [0.2, 0.25) is 0 Å². The SMILES string of the molecule is CC(S)(c1ccc(-c2cccc(S(C)(=O)=O)c2)cc1)c1ccc(C(F)(F)P(=O)(O)O)c(Br)c1. The number of hydrogen-bond acceptors (Lipinski definition) is 4. The third-order valence-electron chi connectivity index (χ3n) is 5.26. The highest BCUT2D eigenvalue weighted by atomic mass is 79.9. The normalized spacial score (nSPS) is 14.7. The third kappa shape index (κ3) is 5.26. The fourth-order valence-electron chi connectivity index (χ4n) is 3.28. The van der Waals surface area contributed by atoms with E-state index in [1.807, 2.05) is 0 Å². The van der Waals surface area contributed by atoms with Crippen molar-refractivity contribution in [2.24, 2.45) is 0 Å². The molecule has 0 heterocycles. The molecule has 0 radical (unpaired) electrons. The summed E-state index contributed by atoms with van der Waals surface area (Å²) in [6.45, 7) is 1.76. The number of sulfone groups is 1. The molecule has 5 nitrogen and oxygen atoms in total. The van der Waals surface area contributed by atoms with Crippen molar-refractivity contribution in [1.29, 1.82) is 0 Å². The summed E-state index contributed by atoms with van der Waals surface area (Å²) in [5.74, 6) is 0. The molecule has 176 valence electrons. The Balaban J connectivity index is 1.96. The molecule has 0 saturated carbocycles. The molecule has 0 bridgehead atoms. The van der Waals surface area contributed by atoms with Crippen LogP contribution in [0.25, 0.3) is 11.1 Å². The van der Waals surface area contributed by atoms with Crippen LogP contribution < -0.4 is 0 Å². The highest BCUT2D eigenvalue weighted by molar-refractivity contribution is 9.10. The summed E-state index contributed by atoms with van der Waals surface area (Å²) in [4.78, 5) is 18.2. The molecule has 0 amide bonds. The van der Waals surface area contributed by atoms with Crippen LogP contribution in [0.15, 0.2) is 76.1 Å². The molecule has 2 N–H and O–H groups in total. The van der Waals surface area contributed by atoms with E-state index in [0.717, 1.165) is 29.0 Å². The maximum atomic E-state index is 14.1. The molecule has 0 saturated heterocycles. The summed E-state index contributed by atoms with van der Waals surface area (Å²) < 4.78 is 62.0. The number of rotatable bonds is 6. The topological polar surface area (TPSA) is 91.7 Å². The molecule has 0 fully saturated rings. The van der Waals surface area contributed by atoms with Gasteiger partial charge in [-0.05, 0) is 47.4 Å². The maximum absolute atomic E-state index is 14.1. The monoisotopic (exact) mass is 576 g/mol. The fourth-order valence-corrected chi connectivity index (χ4v) is 5.52. The Morgan fingerprint density at radius 3 is 2.03 bits per heavy atom. The van der Waals surface area contributed by atoms with Crippen molar-refractivity contribution < 1.29 is 31.6 Å². The van der Waals surface area contributed by atoms with Crippen LogP contribution in [0.3, 0.4) is 0 Å². The lowest BCUT2D eigenvalue weighted by atomic mass is 9.90. The van der Waals surface area contributed by atoms with Crippen LogP contribution >= 0.6 is 36.2 Å². The van der Waals surface area contributed by atoms with Gasteiger partial charge in [-0.3, -0.25) is 4.57 Å². The Morgan fingerprint density at radius 1 is 0.939 bits per heavy atom. The molecule has 3 rings (SSSR count). The van der Waals surface area contributed by atoms with Gasteiger partial charge >= 0.3 is 13.3 Å². The summed E-state index contributed by atoms with van der Waals surface area (Å²) in [7, 11) is -9.05. The van der Waals surface area contributed by atoms with Gasteiger partial charge in [0.15, 0.2) is 9.84 Å². The summed E-state index contributed by atoms with van der Waals surface area (Å²) in [5, 5.41) is 0. The van der Waals surface area contributed by atoms with Crippen molar-refractivity contribution >= 4 is 46.0 Å². The first-order valence-corrected chi connectivity index (χ1v) is 14.2. The van der Waals surface area contributed by atoms with Gasteiger partial charge in [-0.25, -0.2) is 8.42 Å². The molecular weight excluding hydrogens is 557 g/mol. The summed E-state index contributed by atoms with van der Waals surface area (Å²) >= 11 is 7.71. The van der Waals surface area contributed by atoms with Gasteiger partial charge in [0.2, 0.25) is 0 Å². The minimum atomic E-state index is -5.70. The fraction of sp³-hybridized carbons (Fsp3) is 0.182. The van der Waals surface area contributed by atoms with E-state index in [1.54, 1.807) is 49.4 Å². The average Bonchev–Trinajstić information content (AvgIpc) is 2.72. The van der Waals surface area contributed by atoms with Crippen LogP contribution in [0.1, 0.15) is 23.6 Å². The van der Waals surface area contributed by atoms with Gasteiger partial charge in [-0.15, -0.1) is 0 Å². The van der Waals surface area contributed by atoms with E-state index in [0.29, 0.717) is 5.56 Å². The second-order valence-corrected chi connectivity index (χ2v) is 13.1. The third-order valence-corrected chi connectivity index (χ3v) is 8.52. The van der Waals surface area contributed by atoms with E-state index >= 15 is 0 Å². The van der Waals surface area contributed by atoms with Gasteiger partial charge in [0.1, 0.15) is 0 Å². The van der Waals surface area contributed by atoms with Gasteiger partial charge in [0, 0.05) is 16.3 Å². The number of benzene rings is 3. The van der Waals surface area contributed by atoms with Crippen LogP contribution in [0.5, 0.6) is 0 Å². The standard InChI is InChI=1S/C22H20BrF2O5PS2/c1-21(32,17-10-11-19(20(23)13-17)22(24,25)31(26,27)28)16-8-6-14(7-9-16)15-4-3-5-18(12-15)33(2,29)30/h3-13,32H,1-2H3,(H2,26,27,28). The number of hydrogen-bond donors (Lipinski definition) is 3. The van der Waals surface area contributed by atoms with Crippen molar-refractivity contribution in [3.8, 4) is 11.1 Å². The molecule has 0 aliphatic rings. The van der Waals surface area contributed by atoms with E-state index in [-0.39, 0.29) is 9.37 Å². The molecule has 1 unspecified atom stereocenters. The Morgan fingerprint density at radius 2 is 1.52 bits per heavy atom. The van der Waals surface area contributed by atoms with Gasteiger partial charge in [0.25, 0.3) is 0 Å². The Labute approximate surface area is 204 Å². The van der Waals surface area contributed by atoms with E-state index in [9.17, 15) is 21.8 Å².